The van der Waals surface area contributed by atoms with Crippen molar-refractivity contribution in [2.75, 3.05) is 5.32 Å². The maximum absolute atomic E-state index is 13.0. The largest absolute Gasteiger partial charge is 0.339 e. The van der Waals surface area contributed by atoms with Gasteiger partial charge in [-0.2, -0.15) is 5.10 Å². The van der Waals surface area contributed by atoms with Crippen LogP contribution in [0.15, 0.2) is 48.5 Å². The topological polar surface area (TPSA) is 76.0 Å². The van der Waals surface area contributed by atoms with Crippen molar-refractivity contribution in [3.63, 3.8) is 0 Å². The van der Waals surface area contributed by atoms with Gasteiger partial charge < -0.3 is 10.6 Å². The Balaban J connectivity index is 1.78. The SMILES string of the molecule is Cc1ccc(C(=O)N[C@@H]2C(=O)Nc3c(c(C)nn3C)[C@H]2c2cccc(Cl)c2)cc1. The molecule has 1 aromatic heterocycles. The molecule has 0 spiro atoms. The van der Waals surface area contributed by atoms with Crippen molar-refractivity contribution in [1.82, 2.24) is 15.1 Å². The van der Waals surface area contributed by atoms with E-state index in [1.807, 2.05) is 44.2 Å². The molecule has 3 aromatic rings. The standard InChI is InChI=1S/C22H21ClN4O2/c1-12-7-9-14(10-8-12)21(28)24-19-18(15-5-4-6-16(23)11-15)17-13(2)26-27(3)20(17)25-22(19)29/h4-11,18-19H,1-3H3,(H,24,28)(H,25,29)/t18-,19+/m1/s1. The van der Waals surface area contributed by atoms with Crippen LogP contribution in [0.2, 0.25) is 5.02 Å². The van der Waals surface area contributed by atoms with E-state index in [-0.39, 0.29) is 11.8 Å². The molecule has 2 aromatic carbocycles. The molecule has 0 fully saturated rings. The summed E-state index contributed by atoms with van der Waals surface area (Å²) in [6, 6.07) is 13.8. The Morgan fingerprint density at radius 3 is 2.59 bits per heavy atom. The number of carbonyl (C=O) groups excluding carboxylic acids is 2. The maximum Gasteiger partial charge on any atom is 0.251 e. The van der Waals surface area contributed by atoms with Gasteiger partial charge in [0.15, 0.2) is 0 Å². The first-order chi connectivity index (χ1) is 13.8. The summed E-state index contributed by atoms with van der Waals surface area (Å²) in [5, 5.41) is 10.8. The average Bonchev–Trinajstić information content (AvgIpc) is 2.96. The van der Waals surface area contributed by atoms with Gasteiger partial charge in [-0.05, 0) is 43.7 Å². The average molecular weight is 409 g/mol. The van der Waals surface area contributed by atoms with Gasteiger partial charge in [-0.25, -0.2) is 0 Å². The van der Waals surface area contributed by atoms with Crippen LogP contribution in [-0.2, 0) is 11.8 Å². The monoisotopic (exact) mass is 408 g/mol. The molecule has 29 heavy (non-hydrogen) atoms. The third-order valence-corrected chi connectivity index (χ3v) is 5.48. The normalized spacial score (nSPS) is 18.1. The van der Waals surface area contributed by atoms with Crippen molar-refractivity contribution in [2.24, 2.45) is 7.05 Å². The molecule has 0 aliphatic carbocycles. The third kappa shape index (κ3) is 3.51. The Morgan fingerprint density at radius 2 is 1.90 bits per heavy atom. The Labute approximate surface area is 173 Å². The van der Waals surface area contributed by atoms with Gasteiger partial charge in [0, 0.05) is 29.1 Å². The van der Waals surface area contributed by atoms with Gasteiger partial charge in [-0.3, -0.25) is 14.3 Å². The van der Waals surface area contributed by atoms with Gasteiger partial charge in [0.05, 0.1) is 5.69 Å². The molecule has 1 aliphatic rings. The lowest BCUT2D eigenvalue weighted by molar-refractivity contribution is -0.118. The highest BCUT2D eigenvalue weighted by Gasteiger charge is 2.41. The van der Waals surface area contributed by atoms with Crippen LogP contribution in [0.1, 0.15) is 38.7 Å². The van der Waals surface area contributed by atoms with E-state index in [1.54, 1.807) is 29.9 Å². The fourth-order valence-corrected chi connectivity index (χ4v) is 4.04. The van der Waals surface area contributed by atoms with E-state index in [2.05, 4.69) is 15.7 Å². The quantitative estimate of drug-likeness (QED) is 0.695. The fourth-order valence-electron chi connectivity index (χ4n) is 3.85. The highest BCUT2D eigenvalue weighted by molar-refractivity contribution is 6.30. The van der Waals surface area contributed by atoms with E-state index in [1.165, 1.54) is 0 Å². The van der Waals surface area contributed by atoms with Crippen molar-refractivity contribution in [1.29, 1.82) is 0 Å². The number of carbonyl (C=O) groups is 2. The summed E-state index contributed by atoms with van der Waals surface area (Å²) in [5.41, 5.74) is 4.08. The minimum absolute atomic E-state index is 0.286. The number of hydrogen-bond donors (Lipinski definition) is 2. The predicted octanol–water partition coefficient (Wildman–Crippen LogP) is 3.57. The molecule has 1 aliphatic heterocycles. The highest BCUT2D eigenvalue weighted by Crippen LogP contribution is 2.39. The lowest BCUT2D eigenvalue weighted by Gasteiger charge is -2.32. The molecule has 2 heterocycles. The number of halogens is 1. The number of nitrogens with zero attached hydrogens (tertiary/aromatic N) is 2. The summed E-state index contributed by atoms with van der Waals surface area (Å²) in [5.74, 6) is -0.355. The summed E-state index contributed by atoms with van der Waals surface area (Å²) in [6.07, 6.45) is 0. The smallest absolute Gasteiger partial charge is 0.251 e. The summed E-state index contributed by atoms with van der Waals surface area (Å²) in [6.45, 7) is 3.85. The van der Waals surface area contributed by atoms with Crippen molar-refractivity contribution in [3.05, 3.63) is 81.5 Å². The molecule has 0 bridgehead atoms. The Kier molecular flexibility index (Phi) is 4.88. The minimum Gasteiger partial charge on any atom is -0.339 e. The predicted molar refractivity (Wildman–Crippen MR) is 112 cm³/mol. The van der Waals surface area contributed by atoms with E-state index in [9.17, 15) is 9.59 Å². The molecule has 2 N–H and O–H groups in total. The second-order valence-electron chi connectivity index (χ2n) is 7.31. The zero-order valence-corrected chi connectivity index (χ0v) is 17.1. The molecule has 0 saturated heterocycles. The number of amides is 2. The number of fused-ring (bicyclic) bond motifs is 1. The van der Waals surface area contributed by atoms with Crippen LogP contribution in [0.4, 0.5) is 5.82 Å². The summed E-state index contributed by atoms with van der Waals surface area (Å²) in [7, 11) is 1.78. The second kappa shape index (κ2) is 7.37. The van der Waals surface area contributed by atoms with Crippen molar-refractivity contribution in [3.8, 4) is 0 Å². The zero-order valence-electron chi connectivity index (χ0n) is 16.4. The molecule has 2 amide bonds. The van der Waals surface area contributed by atoms with E-state index in [4.69, 9.17) is 11.6 Å². The van der Waals surface area contributed by atoms with Gasteiger partial charge in [0.1, 0.15) is 11.9 Å². The van der Waals surface area contributed by atoms with Crippen LogP contribution in [-0.4, -0.2) is 27.6 Å². The fraction of sp³-hybridized carbons (Fsp3) is 0.227. The first kappa shape index (κ1) is 19.2. The number of anilines is 1. The van der Waals surface area contributed by atoms with Crippen LogP contribution in [0.3, 0.4) is 0 Å². The number of nitrogens with one attached hydrogen (secondary N) is 2. The van der Waals surface area contributed by atoms with Gasteiger partial charge in [0.25, 0.3) is 5.91 Å². The summed E-state index contributed by atoms with van der Waals surface area (Å²) < 4.78 is 1.65. The summed E-state index contributed by atoms with van der Waals surface area (Å²) >= 11 is 6.23. The van der Waals surface area contributed by atoms with E-state index < -0.39 is 12.0 Å². The van der Waals surface area contributed by atoms with Crippen LogP contribution >= 0.6 is 11.6 Å². The van der Waals surface area contributed by atoms with Gasteiger partial charge >= 0.3 is 0 Å². The van der Waals surface area contributed by atoms with E-state index >= 15 is 0 Å². The van der Waals surface area contributed by atoms with Crippen molar-refractivity contribution < 1.29 is 9.59 Å². The van der Waals surface area contributed by atoms with Crippen LogP contribution in [0, 0.1) is 13.8 Å². The molecule has 0 radical (unpaired) electrons. The second-order valence-corrected chi connectivity index (χ2v) is 7.75. The molecular weight excluding hydrogens is 388 g/mol. The molecule has 0 unspecified atom stereocenters. The summed E-state index contributed by atoms with van der Waals surface area (Å²) in [4.78, 5) is 25.9. The Hall–Kier alpha value is -3.12. The van der Waals surface area contributed by atoms with Crippen molar-refractivity contribution >= 4 is 29.2 Å². The van der Waals surface area contributed by atoms with Gasteiger partial charge in [-0.15, -0.1) is 0 Å². The van der Waals surface area contributed by atoms with Gasteiger partial charge in [0.2, 0.25) is 5.91 Å². The number of aryl methyl sites for hydroxylation is 3. The lowest BCUT2D eigenvalue weighted by Crippen LogP contribution is -2.50. The maximum atomic E-state index is 13.0. The van der Waals surface area contributed by atoms with Crippen LogP contribution < -0.4 is 10.6 Å². The molecule has 0 saturated carbocycles. The number of hydrogen-bond acceptors (Lipinski definition) is 3. The van der Waals surface area contributed by atoms with Crippen molar-refractivity contribution in [2.45, 2.75) is 25.8 Å². The molecule has 2 atom stereocenters. The highest BCUT2D eigenvalue weighted by atomic mass is 35.5. The Bertz CT molecular complexity index is 1100. The van der Waals surface area contributed by atoms with E-state index in [0.717, 1.165) is 22.4 Å². The number of aromatic nitrogens is 2. The van der Waals surface area contributed by atoms with Crippen LogP contribution in [0.5, 0.6) is 0 Å². The first-order valence-corrected chi connectivity index (χ1v) is 9.70. The van der Waals surface area contributed by atoms with Gasteiger partial charge in [-0.1, -0.05) is 41.4 Å². The molecule has 6 nitrogen and oxygen atoms in total. The number of benzene rings is 2. The molecular formula is C22H21ClN4O2. The molecule has 7 heteroatoms. The number of rotatable bonds is 3. The van der Waals surface area contributed by atoms with E-state index in [0.29, 0.717) is 16.4 Å². The molecule has 4 rings (SSSR count). The lowest BCUT2D eigenvalue weighted by atomic mass is 9.82. The molecule has 148 valence electrons. The third-order valence-electron chi connectivity index (χ3n) is 5.25. The Morgan fingerprint density at radius 1 is 1.17 bits per heavy atom. The minimum atomic E-state index is -0.794. The van der Waals surface area contributed by atoms with Crippen LogP contribution in [0.25, 0.3) is 0 Å². The zero-order chi connectivity index (χ0) is 20.7. The first-order valence-electron chi connectivity index (χ1n) is 9.32.